The van der Waals surface area contributed by atoms with Gasteiger partial charge < -0.3 is 13.9 Å². The van der Waals surface area contributed by atoms with Crippen molar-refractivity contribution in [2.45, 2.75) is 6.61 Å². The van der Waals surface area contributed by atoms with Crippen LogP contribution in [0.1, 0.15) is 5.56 Å². The third-order valence-electron chi connectivity index (χ3n) is 3.10. The molecule has 18 heavy (non-hydrogen) atoms. The van der Waals surface area contributed by atoms with Crippen LogP contribution in [0.3, 0.4) is 0 Å². The van der Waals surface area contributed by atoms with E-state index in [-0.39, 0.29) is 12.6 Å². The molecule has 3 heterocycles. The quantitative estimate of drug-likeness (QED) is 0.763. The van der Waals surface area contributed by atoms with Crippen molar-refractivity contribution in [1.82, 2.24) is 4.90 Å². The second-order valence-electron chi connectivity index (χ2n) is 4.42. The van der Waals surface area contributed by atoms with Gasteiger partial charge >= 0.3 is 5.97 Å². The highest BCUT2D eigenvalue weighted by Gasteiger charge is 2.16. The molecule has 2 aromatic rings. The van der Waals surface area contributed by atoms with E-state index in [9.17, 15) is 4.79 Å². The monoisotopic (exact) mass is 249 g/mol. The third kappa shape index (κ3) is 2.47. The number of hydrogen-bond acceptors (Lipinski definition) is 5. The SMILES string of the molecule is O=C(CN1CCOCC1)OCc1cc2ccc1o2. The molecule has 3 rings (SSSR count). The molecular weight excluding hydrogens is 234 g/mol. The standard InChI is InChI=1S/C13H15NO4/c15-13(8-14-3-5-16-6-4-14)17-9-10-7-11-1-2-12(10)18-11/h1-2,7H,3-6,8-9H2. The van der Waals surface area contributed by atoms with Gasteiger partial charge in [0.1, 0.15) is 17.8 Å². The number of esters is 1. The topological polar surface area (TPSA) is 51.9 Å². The van der Waals surface area contributed by atoms with Crippen LogP contribution < -0.4 is 0 Å². The van der Waals surface area contributed by atoms with Crippen LogP contribution in [0.25, 0.3) is 11.2 Å². The molecule has 5 nitrogen and oxygen atoms in total. The van der Waals surface area contributed by atoms with E-state index < -0.39 is 0 Å². The second-order valence-corrected chi connectivity index (χ2v) is 4.42. The lowest BCUT2D eigenvalue weighted by molar-refractivity contribution is -0.147. The third-order valence-corrected chi connectivity index (χ3v) is 3.10. The Morgan fingerprint density at radius 2 is 2.17 bits per heavy atom. The fourth-order valence-electron chi connectivity index (χ4n) is 2.10. The minimum atomic E-state index is -0.199. The molecule has 0 saturated carbocycles. The Bertz CT molecular complexity index is 515. The summed E-state index contributed by atoms with van der Waals surface area (Å²) in [6.45, 7) is 3.57. The molecule has 1 fully saturated rings. The Balaban J connectivity index is 1.47. The smallest absolute Gasteiger partial charge is 0.320 e. The first-order valence-electron chi connectivity index (χ1n) is 6.08. The normalized spacial score (nSPS) is 17.3. The number of furan rings is 2. The van der Waals surface area contributed by atoms with Gasteiger partial charge in [-0.15, -0.1) is 0 Å². The fraction of sp³-hybridized carbons (Fsp3) is 0.462. The number of carbonyl (C=O) groups excluding carboxylic acids is 1. The minimum absolute atomic E-state index is 0.199. The number of nitrogens with zero attached hydrogens (tertiary/aromatic N) is 1. The van der Waals surface area contributed by atoms with E-state index in [0.29, 0.717) is 19.8 Å². The van der Waals surface area contributed by atoms with Crippen LogP contribution in [-0.2, 0) is 20.9 Å². The summed E-state index contributed by atoms with van der Waals surface area (Å²) in [5.41, 5.74) is 2.55. The van der Waals surface area contributed by atoms with Crippen LogP contribution in [-0.4, -0.2) is 43.7 Å². The van der Waals surface area contributed by atoms with Gasteiger partial charge in [0.15, 0.2) is 0 Å². The number of carbonyl (C=O) groups is 1. The number of hydrogen-bond donors (Lipinski definition) is 0. The fourth-order valence-corrected chi connectivity index (χ4v) is 2.10. The van der Waals surface area contributed by atoms with Gasteiger partial charge in [-0.1, -0.05) is 0 Å². The van der Waals surface area contributed by atoms with Gasteiger partial charge in [0.05, 0.1) is 19.8 Å². The molecule has 0 aromatic carbocycles. The number of ether oxygens (including phenoxy) is 2. The average Bonchev–Trinajstić information content (AvgIpc) is 3.00. The molecule has 1 aliphatic heterocycles. The molecule has 2 bridgehead atoms. The molecule has 0 N–H and O–H groups in total. The molecule has 96 valence electrons. The van der Waals surface area contributed by atoms with Gasteiger partial charge in [-0.25, -0.2) is 0 Å². The summed E-state index contributed by atoms with van der Waals surface area (Å²) >= 11 is 0. The van der Waals surface area contributed by atoms with Crippen molar-refractivity contribution >= 4 is 17.1 Å². The summed E-state index contributed by atoms with van der Waals surface area (Å²) in [5, 5.41) is 0. The summed E-state index contributed by atoms with van der Waals surface area (Å²) in [5.74, 6) is -0.199. The van der Waals surface area contributed by atoms with E-state index in [1.807, 2.05) is 23.1 Å². The van der Waals surface area contributed by atoms with Crippen LogP contribution >= 0.6 is 0 Å². The molecule has 0 aliphatic carbocycles. The van der Waals surface area contributed by atoms with Crippen LogP contribution in [0.4, 0.5) is 0 Å². The van der Waals surface area contributed by atoms with Gasteiger partial charge in [-0.05, 0) is 18.2 Å². The Morgan fingerprint density at radius 3 is 2.83 bits per heavy atom. The Morgan fingerprint density at radius 1 is 1.33 bits per heavy atom. The van der Waals surface area contributed by atoms with E-state index in [1.54, 1.807) is 0 Å². The number of morpholine rings is 1. The highest BCUT2D eigenvalue weighted by molar-refractivity contribution is 5.72. The lowest BCUT2D eigenvalue weighted by Gasteiger charge is -2.25. The largest absolute Gasteiger partial charge is 0.460 e. The summed E-state index contributed by atoms with van der Waals surface area (Å²) in [4.78, 5) is 13.7. The average molecular weight is 249 g/mol. The highest BCUT2D eigenvalue weighted by Crippen LogP contribution is 2.22. The predicted octanol–water partition coefficient (Wildman–Crippen LogP) is 1.25. The molecule has 0 spiro atoms. The van der Waals surface area contributed by atoms with Crippen LogP contribution in [0.15, 0.2) is 22.6 Å². The second kappa shape index (κ2) is 4.96. The maximum atomic E-state index is 11.7. The van der Waals surface area contributed by atoms with E-state index in [1.165, 1.54) is 0 Å². The van der Waals surface area contributed by atoms with Gasteiger partial charge in [0.2, 0.25) is 0 Å². The molecular formula is C13H15NO4. The van der Waals surface area contributed by atoms with E-state index in [2.05, 4.69) is 0 Å². The number of rotatable bonds is 4. The van der Waals surface area contributed by atoms with Crippen LogP contribution in [0.2, 0.25) is 0 Å². The number of fused-ring (bicyclic) bond motifs is 2. The van der Waals surface area contributed by atoms with Crippen molar-refractivity contribution in [2.75, 3.05) is 32.8 Å². The zero-order valence-electron chi connectivity index (χ0n) is 10.1. The molecule has 0 atom stereocenters. The zero-order chi connectivity index (χ0) is 12.4. The van der Waals surface area contributed by atoms with Gasteiger partial charge in [-0.2, -0.15) is 0 Å². The van der Waals surface area contributed by atoms with Gasteiger partial charge in [0, 0.05) is 18.7 Å². The van der Waals surface area contributed by atoms with Crippen molar-refractivity contribution in [3.05, 3.63) is 23.8 Å². The molecule has 5 heteroatoms. The highest BCUT2D eigenvalue weighted by atomic mass is 16.5. The predicted molar refractivity (Wildman–Crippen MR) is 64.5 cm³/mol. The maximum Gasteiger partial charge on any atom is 0.320 e. The Labute approximate surface area is 105 Å². The van der Waals surface area contributed by atoms with Crippen molar-refractivity contribution in [3.63, 3.8) is 0 Å². The molecule has 2 aromatic heterocycles. The van der Waals surface area contributed by atoms with Crippen molar-refractivity contribution < 1.29 is 18.7 Å². The summed E-state index contributed by atoms with van der Waals surface area (Å²) in [7, 11) is 0. The Hall–Kier alpha value is -1.59. The van der Waals surface area contributed by atoms with E-state index >= 15 is 0 Å². The van der Waals surface area contributed by atoms with Gasteiger partial charge in [0.25, 0.3) is 0 Å². The molecule has 1 aliphatic rings. The molecule has 0 unspecified atom stereocenters. The lowest BCUT2D eigenvalue weighted by atomic mass is 10.2. The molecule has 0 amide bonds. The van der Waals surface area contributed by atoms with E-state index in [4.69, 9.17) is 13.9 Å². The molecule has 0 radical (unpaired) electrons. The van der Waals surface area contributed by atoms with Crippen LogP contribution in [0, 0.1) is 0 Å². The summed E-state index contributed by atoms with van der Waals surface area (Å²) in [6, 6.07) is 5.69. The first-order valence-corrected chi connectivity index (χ1v) is 6.08. The lowest BCUT2D eigenvalue weighted by Crippen LogP contribution is -2.40. The van der Waals surface area contributed by atoms with Crippen molar-refractivity contribution in [1.29, 1.82) is 0 Å². The maximum absolute atomic E-state index is 11.7. The first-order chi connectivity index (χ1) is 8.81. The van der Waals surface area contributed by atoms with Crippen molar-refractivity contribution in [2.24, 2.45) is 0 Å². The summed E-state index contributed by atoms with van der Waals surface area (Å²) < 4.78 is 15.8. The molecule has 1 saturated heterocycles. The Kier molecular flexibility index (Phi) is 3.17. The number of benzene rings is 1. The van der Waals surface area contributed by atoms with Gasteiger partial charge in [-0.3, -0.25) is 9.69 Å². The first kappa shape index (κ1) is 11.5. The van der Waals surface area contributed by atoms with Crippen LogP contribution in [0.5, 0.6) is 0 Å². The minimum Gasteiger partial charge on any atom is -0.460 e. The van der Waals surface area contributed by atoms with Crippen molar-refractivity contribution in [3.8, 4) is 0 Å². The van der Waals surface area contributed by atoms with E-state index in [0.717, 1.165) is 29.8 Å². The zero-order valence-corrected chi connectivity index (χ0v) is 10.1. The summed E-state index contributed by atoms with van der Waals surface area (Å²) in [6.07, 6.45) is 0.